The summed E-state index contributed by atoms with van der Waals surface area (Å²) in [6.45, 7) is -0.296. The highest BCUT2D eigenvalue weighted by molar-refractivity contribution is 5.86. The minimum atomic E-state index is -2.43. The van der Waals surface area contributed by atoms with Gasteiger partial charge < -0.3 is 4.74 Å². The maximum atomic E-state index is 12.0. The van der Waals surface area contributed by atoms with Crippen molar-refractivity contribution in [3.63, 3.8) is 0 Å². The third-order valence-corrected chi connectivity index (χ3v) is 3.19. The summed E-state index contributed by atoms with van der Waals surface area (Å²) in [5.74, 6) is 5.58. The lowest BCUT2D eigenvalue weighted by Gasteiger charge is -2.18. The monoisotopic (exact) mass is 280 g/mol. The number of hydrogen-bond acceptors (Lipinski definition) is 3. The zero-order valence-corrected chi connectivity index (χ0v) is 11.1. The molecule has 0 saturated heterocycles. The van der Waals surface area contributed by atoms with E-state index in [9.17, 15) is 8.78 Å². The SMILES string of the molecule is NNC(CCOCC(F)F)c1cccc2ccccc12. The first-order chi connectivity index (χ1) is 9.72. The molecule has 0 spiro atoms. The number of alkyl halides is 2. The van der Waals surface area contributed by atoms with E-state index in [0.29, 0.717) is 6.42 Å². The number of rotatable bonds is 7. The summed E-state index contributed by atoms with van der Waals surface area (Å²) >= 11 is 0. The van der Waals surface area contributed by atoms with E-state index in [-0.39, 0.29) is 12.6 Å². The topological polar surface area (TPSA) is 47.3 Å². The molecule has 2 rings (SSSR count). The van der Waals surface area contributed by atoms with E-state index in [2.05, 4.69) is 5.43 Å². The largest absolute Gasteiger partial charge is 0.375 e. The molecule has 3 N–H and O–H groups in total. The first-order valence-corrected chi connectivity index (χ1v) is 6.52. The van der Waals surface area contributed by atoms with E-state index in [1.807, 2.05) is 42.5 Å². The van der Waals surface area contributed by atoms with Gasteiger partial charge in [0, 0.05) is 12.6 Å². The van der Waals surface area contributed by atoms with Crippen molar-refractivity contribution >= 4 is 10.8 Å². The van der Waals surface area contributed by atoms with Gasteiger partial charge in [0.15, 0.2) is 0 Å². The molecule has 1 atom stereocenters. The van der Waals surface area contributed by atoms with Crippen molar-refractivity contribution in [2.45, 2.75) is 18.9 Å². The van der Waals surface area contributed by atoms with Crippen LogP contribution in [0.2, 0.25) is 0 Å². The maximum absolute atomic E-state index is 12.0. The second-order valence-corrected chi connectivity index (χ2v) is 4.54. The summed E-state index contributed by atoms with van der Waals surface area (Å²) in [4.78, 5) is 0. The summed E-state index contributed by atoms with van der Waals surface area (Å²) in [5, 5.41) is 2.23. The second kappa shape index (κ2) is 7.28. The molecule has 5 heteroatoms. The van der Waals surface area contributed by atoms with Crippen LogP contribution in [0.15, 0.2) is 42.5 Å². The Hall–Kier alpha value is -1.56. The third kappa shape index (κ3) is 3.72. The average Bonchev–Trinajstić information content (AvgIpc) is 2.47. The first kappa shape index (κ1) is 14.8. The van der Waals surface area contributed by atoms with Gasteiger partial charge in [0.2, 0.25) is 0 Å². The van der Waals surface area contributed by atoms with E-state index in [4.69, 9.17) is 10.6 Å². The predicted molar refractivity (Wildman–Crippen MR) is 75.5 cm³/mol. The van der Waals surface area contributed by atoms with Gasteiger partial charge in [-0.05, 0) is 22.8 Å². The molecule has 0 aliphatic carbocycles. The molecule has 0 aromatic heterocycles. The van der Waals surface area contributed by atoms with Crippen molar-refractivity contribution < 1.29 is 13.5 Å². The van der Waals surface area contributed by atoms with E-state index >= 15 is 0 Å². The molecule has 0 aliphatic heterocycles. The highest BCUT2D eigenvalue weighted by atomic mass is 19.3. The lowest BCUT2D eigenvalue weighted by molar-refractivity contribution is 0.0144. The van der Waals surface area contributed by atoms with E-state index < -0.39 is 13.0 Å². The van der Waals surface area contributed by atoms with Gasteiger partial charge in [-0.25, -0.2) is 8.78 Å². The first-order valence-electron chi connectivity index (χ1n) is 6.52. The van der Waals surface area contributed by atoms with E-state index in [1.54, 1.807) is 0 Å². The molecular formula is C15H18F2N2O. The molecule has 2 aromatic rings. The van der Waals surface area contributed by atoms with Crippen molar-refractivity contribution in [1.82, 2.24) is 5.43 Å². The van der Waals surface area contributed by atoms with Crippen molar-refractivity contribution in [1.29, 1.82) is 0 Å². The fraction of sp³-hybridized carbons (Fsp3) is 0.333. The van der Waals surface area contributed by atoms with Crippen LogP contribution in [0.5, 0.6) is 0 Å². The molecule has 0 heterocycles. The third-order valence-electron chi connectivity index (χ3n) is 3.19. The van der Waals surface area contributed by atoms with Crippen LogP contribution in [0.1, 0.15) is 18.0 Å². The Balaban J connectivity index is 2.09. The average molecular weight is 280 g/mol. The van der Waals surface area contributed by atoms with Gasteiger partial charge in [-0.15, -0.1) is 0 Å². The molecular weight excluding hydrogens is 262 g/mol. The number of hydrogen-bond donors (Lipinski definition) is 2. The molecule has 3 nitrogen and oxygen atoms in total. The Bertz CT molecular complexity index is 543. The molecule has 2 aromatic carbocycles. The Labute approximate surface area is 116 Å². The van der Waals surface area contributed by atoms with Gasteiger partial charge in [0.25, 0.3) is 6.43 Å². The summed E-state index contributed by atoms with van der Waals surface area (Å²) in [6.07, 6.45) is -1.89. The molecule has 0 amide bonds. The number of fused-ring (bicyclic) bond motifs is 1. The van der Waals surface area contributed by atoms with Crippen LogP contribution in [0, 0.1) is 0 Å². The fourth-order valence-electron chi connectivity index (χ4n) is 2.26. The molecule has 0 aliphatic rings. The fourth-order valence-corrected chi connectivity index (χ4v) is 2.26. The minimum absolute atomic E-state index is 0.126. The van der Waals surface area contributed by atoms with Gasteiger partial charge in [-0.1, -0.05) is 42.5 Å². The van der Waals surface area contributed by atoms with Crippen LogP contribution in [0.25, 0.3) is 10.8 Å². The lowest BCUT2D eigenvalue weighted by atomic mass is 9.97. The van der Waals surface area contributed by atoms with Crippen LogP contribution in [0.4, 0.5) is 8.78 Å². The highest BCUT2D eigenvalue weighted by Gasteiger charge is 2.13. The minimum Gasteiger partial charge on any atom is -0.375 e. The van der Waals surface area contributed by atoms with Crippen molar-refractivity contribution in [3.8, 4) is 0 Å². The summed E-state index contributed by atoms with van der Waals surface area (Å²) in [7, 11) is 0. The Morgan fingerprint density at radius 2 is 1.85 bits per heavy atom. The normalized spacial score (nSPS) is 13.0. The van der Waals surface area contributed by atoms with Crippen molar-refractivity contribution in [2.24, 2.45) is 5.84 Å². The molecule has 20 heavy (non-hydrogen) atoms. The zero-order chi connectivity index (χ0) is 14.4. The summed E-state index contributed by atoms with van der Waals surface area (Å²) in [6, 6.07) is 13.8. The molecule has 0 radical (unpaired) electrons. The van der Waals surface area contributed by atoms with Gasteiger partial charge in [0.1, 0.15) is 6.61 Å². The molecule has 108 valence electrons. The Kier molecular flexibility index (Phi) is 5.40. The van der Waals surface area contributed by atoms with Crippen LogP contribution < -0.4 is 11.3 Å². The summed E-state index contributed by atoms with van der Waals surface area (Å²) < 4.78 is 28.9. The van der Waals surface area contributed by atoms with Crippen molar-refractivity contribution in [2.75, 3.05) is 13.2 Å². The second-order valence-electron chi connectivity index (χ2n) is 4.54. The number of nitrogens with two attached hydrogens (primary N) is 1. The van der Waals surface area contributed by atoms with Crippen LogP contribution >= 0.6 is 0 Å². The molecule has 1 unspecified atom stereocenters. The Morgan fingerprint density at radius 3 is 2.60 bits per heavy atom. The van der Waals surface area contributed by atoms with Gasteiger partial charge in [-0.2, -0.15) is 0 Å². The molecule has 0 saturated carbocycles. The number of halogens is 2. The quantitative estimate of drug-likeness (QED) is 0.465. The zero-order valence-electron chi connectivity index (χ0n) is 11.1. The smallest absolute Gasteiger partial charge is 0.261 e. The molecule has 0 fully saturated rings. The standard InChI is InChI=1S/C15H18F2N2O/c16-15(17)10-20-9-8-14(19-18)13-7-3-5-11-4-1-2-6-12(11)13/h1-7,14-15,19H,8-10,18H2. The van der Waals surface area contributed by atoms with Crippen molar-refractivity contribution in [3.05, 3.63) is 48.0 Å². The number of ether oxygens (including phenoxy) is 1. The summed E-state index contributed by atoms with van der Waals surface area (Å²) in [5.41, 5.74) is 3.78. The van der Waals surface area contributed by atoms with E-state index in [1.165, 1.54) is 0 Å². The molecule has 0 bridgehead atoms. The number of hydrazine groups is 1. The highest BCUT2D eigenvalue weighted by Crippen LogP contribution is 2.25. The number of nitrogens with one attached hydrogen (secondary N) is 1. The lowest BCUT2D eigenvalue weighted by Crippen LogP contribution is -2.29. The Morgan fingerprint density at radius 1 is 1.10 bits per heavy atom. The van der Waals surface area contributed by atoms with Gasteiger partial charge >= 0.3 is 0 Å². The maximum Gasteiger partial charge on any atom is 0.261 e. The van der Waals surface area contributed by atoms with Gasteiger partial charge in [-0.3, -0.25) is 11.3 Å². The number of benzene rings is 2. The van der Waals surface area contributed by atoms with Crippen LogP contribution in [-0.2, 0) is 4.74 Å². The van der Waals surface area contributed by atoms with Gasteiger partial charge in [0.05, 0.1) is 0 Å². The van der Waals surface area contributed by atoms with Crippen LogP contribution in [0.3, 0.4) is 0 Å². The predicted octanol–water partition coefficient (Wildman–Crippen LogP) is 3.02. The van der Waals surface area contributed by atoms with E-state index in [0.717, 1.165) is 16.3 Å². The van der Waals surface area contributed by atoms with Crippen LogP contribution in [-0.4, -0.2) is 19.6 Å².